The van der Waals surface area contributed by atoms with Crippen molar-refractivity contribution in [1.82, 2.24) is 15.3 Å². The van der Waals surface area contributed by atoms with Gasteiger partial charge >= 0.3 is 0 Å². The van der Waals surface area contributed by atoms with Gasteiger partial charge in [-0.25, -0.2) is 4.98 Å². The minimum Gasteiger partial charge on any atom is -0.342 e. The van der Waals surface area contributed by atoms with Crippen molar-refractivity contribution in [1.29, 1.82) is 5.26 Å². The van der Waals surface area contributed by atoms with Crippen LogP contribution in [0.1, 0.15) is 31.9 Å². The zero-order chi connectivity index (χ0) is 15.9. The van der Waals surface area contributed by atoms with E-state index in [1.807, 2.05) is 23.6 Å². The largest absolute Gasteiger partial charge is 0.342 e. The number of pyridine rings is 1. The summed E-state index contributed by atoms with van der Waals surface area (Å²) in [6, 6.07) is 5.73. The van der Waals surface area contributed by atoms with Gasteiger partial charge in [0.15, 0.2) is 0 Å². The van der Waals surface area contributed by atoms with Crippen LogP contribution in [0.2, 0.25) is 0 Å². The highest BCUT2D eigenvalue weighted by Gasteiger charge is 2.24. The Kier molecular flexibility index (Phi) is 5.61. The van der Waals surface area contributed by atoms with E-state index in [0.717, 1.165) is 16.3 Å². The molecule has 0 aromatic carbocycles. The van der Waals surface area contributed by atoms with Gasteiger partial charge in [0.2, 0.25) is 5.91 Å². The van der Waals surface area contributed by atoms with Crippen molar-refractivity contribution >= 4 is 17.2 Å². The summed E-state index contributed by atoms with van der Waals surface area (Å²) in [6.07, 6.45) is 4.15. The van der Waals surface area contributed by atoms with Gasteiger partial charge in [-0.15, -0.1) is 11.3 Å². The van der Waals surface area contributed by atoms with Crippen LogP contribution in [0.3, 0.4) is 0 Å². The first-order valence-electron chi connectivity index (χ1n) is 7.12. The number of aromatic nitrogens is 2. The van der Waals surface area contributed by atoms with Gasteiger partial charge in [0, 0.05) is 23.3 Å². The van der Waals surface area contributed by atoms with E-state index in [0.29, 0.717) is 12.3 Å². The van der Waals surface area contributed by atoms with Crippen LogP contribution in [0.25, 0.3) is 10.6 Å². The normalized spacial score (nSPS) is 11.9. The molecular formula is C16H18N4OS. The molecule has 0 saturated heterocycles. The topological polar surface area (TPSA) is 78.7 Å². The second-order valence-corrected chi connectivity index (χ2v) is 6.23. The predicted molar refractivity (Wildman–Crippen MR) is 86.2 cm³/mol. The van der Waals surface area contributed by atoms with Gasteiger partial charge in [-0.2, -0.15) is 5.26 Å². The molecule has 0 aliphatic heterocycles. The Morgan fingerprint density at radius 2 is 2.14 bits per heavy atom. The van der Waals surface area contributed by atoms with Gasteiger partial charge in [0.25, 0.3) is 0 Å². The highest BCUT2D eigenvalue weighted by Crippen LogP contribution is 2.30. The van der Waals surface area contributed by atoms with Crippen LogP contribution < -0.4 is 5.32 Å². The predicted octanol–water partition coefficient (Wildman–Crippen LogP) is 2.97. The molecule has 2 aromatic rings. The summed E-state index contributed by atoms with van der Waals surface area (Å²) in [6.45, 7) is 4.16. The van der Waals surface area contributed by atoms with Crippen LogP contribution in [0.4, 0.5) is 0 Å². The molecule has 5 nitrogen and oxygen atoms in total. The number of nitriles is 1. The number of thiazole rings is 1. The van der Waals surface area contributed by atoms with Crippen LogP contribution in [0.15, 0.2) is 29.9 Å². The number of carbonyl (C=O) groups is 1. The minimum absolute atomic E-state index is 0.0226. The molecule has 0 aliphatic rings. The maximum Gasteiger partial charge on any atom is 0.230 e. The first-order valence-corrected chi connectivity index (χ1v) is 8.00. The third kappa shape index (κ3) is 4.12. The average Bonchev–Trinajstić information content (AvgIpc) is 3.00. The molecule has 2 rings (SSSR count). The maximum atomic E-state index is 12.3. The molecule has 2 aromatic heterocycles. The van der Waals surface area contributed by atoms with Crippen LogP contribution in [0, 0.1) is 17.2 Å². The van der Waals surface area contributed by atoms with Crippen molar-refractivity contribution in [2.75, 3.05) is 6.54 Å². The highest BCUT2D eigenvalue weighted by molar-refractivity contribution is 7.13. The molecule has 6 heteroatoms. The van der Waals surface area contributed by atoms with E-state index in [2.05, 4.69) is 29.1 Å². The zero-order valence-electron chi connectivity index (χ0n) is 12.6. The van der Waals surface area contributed by atoms with E-state index in [-0.39, 0.29) is 18.4 Å². The lowest BCUT2D eigenvalue weighted by Gasteiger charge is -2.15. The quantitative estimate of drug-likeness (QED) is 0.831. The van der Waals surface area contributed by atoms with Crippen molar-refractivity contribution in [2.24, 2.45) is 5.92 Å². The number of hydrogen-bond acceptors (Lipinski definition) is 5. The number of rotatable bonds is 6. The van der Waals surface area contributed by atoms with Crippen molar-refractivity contribution in [3.05, 3.63) is 35.6 Å². The molecule has 1 atom stereocenters. The lowest BCUT2D eigenvalue weighted by Crippen LogP contribution is -2.30. The standard InChI is InChI=1S/C16H18N4OS/c1-11(2)9-13(15(21)19-8-5-17)14-10-22-16(20-14)12-3-6-18-7-4-12/h3-4,6-7,10-11,13H,8-9H2,1-2H3,(H,19,21). The van der Waals surface area contributed by atoms with Gasteiger partial charge in [-0.05, 0) is 24.5 Å². The van der Waals surface area contributed by atoms with Crippen molar-refractivity contribution in [3.8, 4) is 16.6 Å². The van der Waals surface area contributed by atoms with Gasteiger partial charge in [-0.3, -0.25) is 9.78 Å². The number of carbonyl (C=O) groups excluding carboxylic acids is 1. The van der Waals surface area contributed by atoms with Gasteiger partial charge in [0.05, 0.1) is 17.7 Å². The molecule has 2 heterocycles. The third-order valence-electron chi connectivity index (χ3n) is 3.17. The average molecular weight is 314 g/mol. The smallest absolute Gasteiger partial charge is 0.230 e. The summed E-state index contributed by atoms with van der Waals surface area (Å²) < 4.78 is 0. The van der Waals surface area contributed by atoms with E-state index in [1.54, 1.807) is 12.4 Å². The molecule has 0 radical (unpaired) electrons. The van der Waals surface area contributed by atoms with E-state index in [4.69, 9.17) is 5.26 Å². The molecular weight excluding hydrogens is 296 g/mol. The summed E-state index contributed by atoms with van der Waals surface area (Å²) in [4.78, 5) is 20.9. The molecule has 114 valence electrons. The molecule has 0 saturated carbocycles. The fraction of sp³-hybridized carbons (Fsp3) is 0.375. The molecule has 1 amide bonds. The Hall–Kier alpha value is -2.26. The lowest BCUT2D eigenvalue weighted by atomic mass is 9.94. The van der Waals surface area contributed by atoms with Crippen LogP contribution in [0.5, 0.6) is 0 Å². The lowest BCUT2D eigenvalue weighted by molar-refractivity contribution is -0.122. The summed E-state index contributed by atoms with van der Waals surface area (Å²) in [5.41, 5.74) is 1.76. The Bertz CT molecular complexity index is 660. The first kappa shape index (κ1) is 16.1. The number of amides is 1. The highest BCUT2D eigenvalue weighted by atomic mass is 32.1. The van der Waals surface area contributed by atoms with Crippen molar-refractivity contribution in [3.63, 3.8) is 0 Å². The van der Waals surface area contributed by atoms with Gasteiger partial charge < -0.3 is 5.32 Å². The van der Waals surface area contributed by atoms with Gasteiger partial charge in [-0.1, -0.05) is 13.8 Å². The second-order valence-electron chi connectivity index (χ2n) is 5.37. The Morgan fingerprint density at radius 1 is 1.41 bits per heavy atom. The Balaban J connectivity index is 2.23. The number of nitrogens with one attached hydrogen (secondary N) is 1. The first-order chi connectivity index (χ1) is 10.6. The third-order valence-corrected chi connectivity index (χ3v) is 4.08. The monoisotopic (exact) mass is 314 g/mol. The van der Waals surface area contributed by atoms with Crippen LogP contribution in [-0.2, 0) is 4.79 Å². The second kappa shape index (κ2) is 7.66. The Labute approximate surface area is 134 Å². The molecule has 1 unspecified atom stereocenters. The molecule has 0 fully saturated rings. The Morgan fingerprint density at radius 3 is 2.77 bits per heavy atom. The van der Waals surface area contributed by atoms with Crippen LogP contribution >= 0.6 is 11.3 Å². The molecule has 22 heavy (non-hydrogen) atoms. The zero-order valence-corrected chi connectivity index (χ0v) is 13.4. The van der Waals surface area contributed by atoms with Crippen molar-refractivity contribution < 1.29 is 4.79 Å². The summed E-state index contributed by atoms with van der Waals surface area (Å²) in [5.74, 6) is -0.0917. The summed E-state index contributed by atoms with van der Waals surface area (Å²) in [5, 5.41) is 14.1. The van der Waals surface area contributed by atoms with Gasteiger partial charge in [0.1, 0.15) is 11.6 Å². The van der Waals surface area contributed by atoms with E-state index in [9.17, 15) is 4.79 Å². The molecule has 0 bridgehead atoms. The maximum absolute atomic E-state index is 12.3. The minimum atomic E-state index is -0.319. The molecule has 0 spiro atoms. The molecule has 0 aliphatic carbocycles. The SMILES string of the molecule is CC(C)CC(C(=O)NCC#N)c1csc(-c2ccncc2)n1. The van der Waals surface area contributed by atoms with Crippen molar-refractivity contribution in [2.45, 2.75) is 26.2 Å². The molecule has 1 N–H and O–H groups in total. The number of hydrogen-bond donors (Lipinski definition) is 1. The van der Waals surface area contributed by atoms with E-state index in [1.165, 1.54) is 11.3 Å². The summed E-state index contributed by atoms with van der Waals surface area (Å²) >= 11 is 1.52. The van der Waals surface area contributed by atoms with E-state index >= 15 is 0 Å². The summed E-state index contributed by atoms with van der Waals surface area (Å²) in [7, 11) is 0. The number of nitrogens with zero attached hydrogens (tertiary/aromatic N) is 3. The van der Waals surface area contributed by atoms with E-state index < -0.39 is 0 Å². The van der Waals surface area contributed by atoms with Crippen LogP contribution in [-0.4, -0.2) is 22.4 Å². The fourth-order valence-corrected chi connectivity index (χ4v) is 3.04. The fourth-order valence-electron chi connectivity index (χ4n) is 2.16.